The minimum absolute atomic E-state index is 0.146. The Morgan fingerprint density at radius 3 is 2.00 bits per heavy atom. The Balaban J connectivity index is 2.20. The molecule has 0 N–H and O–H groups in total. The average Bonchev–Trinajstić information content (AvgIpc) is 2.42. The van der Waals surface area contributed by atoms with Gasteiger partial charge in [-0.05, 0) is 56.5 Å². The topological polar surface area (TPSA) is 60.6 Å². The molecule has 0 aliphatic heterocycles. The Hall–Kier alpha value is -2.14. The maximum atomic E-state index is 12.1. The summed E-state index contributed by atoms with van der Waals surface area (Å²) >= 11 is 0. The Bertz CT molecular complexity index is 784. The van der Waals surface area contributed by atoms with Crippen molar-refractivity contribution < 1.29 is 8.42 Å². The predicted molar refractivity (Wildman–Crippen MR) is 90.0 cm³/mol. The molecule has 0 aromatic heterocycles. The van der Waals surface area contributed by atoms with E-state index < -0.39 is 10.0 Å². The van der Waals surface area contributed by atoms with Crippen molar-refractivity contribution in [2.24, 2.45) is 5.10 Å². The number of nitrogens with zero attached hydrogens (tertiary/aromatic N) is 2. The molecule has 0 aliphatic rings. The molecule has 5 heteroatoms. The summed E-state index contributed by atoms with van der Waals surface area (Å²) in [5.41, 5.74) is 5.14. The molecule has 0 amide bonds. The van der Waals surface area contributed by atoms with Crippen molar-refractivity contribution in [1.29, 1.82) is 0 Å². The second kappa shape index (κ2) is 6.32. The van der Waals surface area contributed by atoms with Crippen LogP contribution in [-0.2, 0) is 10.0 Å². The van der Waals surface area contributed by atoms with Gasteiger partial charge in [0.1, 0.15) is 10.0 Å². The fraction of sp³-hybridized carbons (Fsp3) is 0.235. The number of sulfonamides is 1. The van der Waals surface area contributed by atoms with Crippen molar-refractivity contribution >= 4 is 16.2 Å². The lowest BCUT2D eigenvalue weighted by Crippen LogP contribution is -1.98. The quantitative estimate of drug-likeness (QED) is 0.632. The van der Waals surface area contributed by atoms with Gasteiger partial charge in [-0.2, -0.15) is 0 Å². The van der Waals surface area contributed by atoms with Crippen LogP contribution in [0.5, 0.6) is 0 Å². The highest BCUT2D eigenvalue weighted by Gasteiger charge is 2.03. The van der Waals surface area contributed by atoms with E-state index in [1.807, 2.05) is 39.8 Å². The molecule has 2 aromatic carbocycles. The minimum Gasteiger partial charge on any atom is -0.491 e. The van der Waals surface area contributed by atoms with Gasteiger partial charge in [-0.15, -0.1) is 0 Å². The number of rotatable bonds is 4. The van der Waals surface area contributed by atoms with E-state index in [0.29, 0.717) is 0 Å². The zero-order valence-corrected chi connectivity index (χ0v) is 14.0. The van der Waals surface area contributed by atoms with Crippen molar-refractivity contribution in [1.82, 2.24) is 0 Å². The second-order valence-corrected chi connectivity index (χ2v) is 7.01. The first kappa shape index (κ1) is 16.2. The largest absolute Gasteiger partial charge is 0.491 e. The number of hydrogen-bond donors (Lipinski definition) is 0. The molecule has 22 heavy (non-hydrogen) atoms. The van der Waals surface area contributed by atoms with Crippen molar-refractivity contribution in [3.05, 3.63) is 69.0 Å². The van der Waals surface area contributed by atoms with Crippen LogP contribution < -0.4 is 0 Å². The molecular formula is C17H19N2O2S-. The first-order valence-corrected chi connectivity index (χ1v) is 8.38. The first-order chi connectivity index (χ1) is 10.3. The third-order valence-electron chi connectivity index (χ3n) is 3.40. The third-order valence-corrected chi connectivity index (χ3v) is 4.58. The summed E-state index contributed by atoms with van der Waals surface area (Å²) in [7, 11) is -3.75. The monoisotopic (exact) mass is 315 g/mol. The molecular weight excluding hydrogens is 296 g/mol. The normalized spacial score (nSPS) is 11.8. The maximum Gasteiger partial charge on any atom is 0.135 e. The lowest BCUT2D eigenvalue weighted by Gasteiger charge is -2.16. The minimum atomic E-state index is -3.75. The summed E-state index contributed by atoms with van der Waals surface area (Å²) in [6.45, 7) is 7.85. The fourth-order valence-corrected chi connectivity index (χ4v) is 3.04. The van der Waals surface area contributed by atoms with Gasteiger partial charge >= 0.3 is 0 Å². The highest BCUT2D eigenvalue weighted by Crippen LogP contribution is 2.19. The molecule has 2 aromatic rings. The molecule has 0 saturated heterocycles. The average molecular weight is 315 g/mol. The van der Waals surface area contributed by atoms with Crippen LogP contribution in [0.25, 0.3) is 4.83 Å². The summed E-state index contributed by atoms with van der Waals surface area (Å²) < 4.78 is 24.2. The molecule has 116 valence electrons. The fourth-order valence-electron chi connectivity index (χ4n) is 2.30. The van der Waals surface area contributed by atoms with Gasteiger partial charge in [-0.25, -0.2) is 8.42 Å². The van der Waals surface area contributed by atoms with E-state index in [1.165, 1.54) is 18.3 Å². The van der Waals surface area contributed by atoms with Gasteiger partial charge in [-0.3, -0.25) is 0 Å². The van der Waals surface area contributed by atoms with Crippen LogP contribution in [0.1, 0.15) is 27.8 Å². The lowest BCUT2D eigenvalue weighted by atomic mass is 10.0. The van der Waals surface area contributed by atoms with Gasteiger partial charge in [0.2, 0.25) is 0 Å². The summed E-state index contributed by atoms with van der Waals surface area (Å²) in [5, 5.41) is 3.78. The van der Waals surface area contributed by atoms with Gasteiger partial charge in [0.15, 0.2) is 0 Å². The van der Waals surface area contributed by atoms with Gasteiger partial charge in [0.25, 0.3) is 0 Å². The second-order valence-electron chi connectivity index (χ2n) is 5.43. The Kier molecular flexibility index (Phi) is 4.66. The van der Waals surface area contributed by atoms with Crippen LogP contribution in [0.2, 0.25) is 0 Å². The van der Waals surface area contributed by atoms with Crippen LogP contribution in [-0.4, -0.2) is 14.6 Å². The molecule has 0 spiro atoms. The van der Waals surface area contributed by atoms with Crippen LogP contribution in [0.3, 0.4) is 0 Å². The van der Waals surface area contributed by atoms with Gasteiger partial charge in [0.05, 0.1) is 4.90 Å². The van der Waals surface area contributed by atoms with E-state index in [1.54, 1.807) is 12.1 Å². The molecule has 0 unspecified atom stereocenters. The van der Waals surface area contributed by atoms with E-state index in [0.717, 1.165) is 27.8 Å². The van der Waals surface area contributed by atoms with Crippen molar-refractivity contribution in [2.45, 2.75) is 32.6 Å². The lowest BCUT2D eigenvalue weighted by molar-refractivity contribution is 0.602. The summed E-state index contributed by atoms with van der Waals surface area (Å²) in [4.78, 5) is 3.64. The first-order valence-electron chi connectivity index (χ1n) is 6.94. The van der Waals surface area contributed by atoms with E-state index in [2.05, 4.69) is 9.93 Å². The summed E-state index contributed by atoms with van der Waals surface area (Å²) in [6.07, 6.45) is 1.50. The van der Waals surface area contributed by atoms with Crippen LogP contribution >= 0.6 is 0 Å². The molecule has 0 bridgehead atoms. The maximum absolute atomic E-state index is 12.1. The van der Waals surface area contributed by atoms with Gasteiger partial charge in [-0.1, -0.05) is 35.4 Å². The van der Waals surface area contributed by atoms with Gasteiger partial charge < -0.3 is 9.93 Å². The van der Waals surface area contributed by atoms with Crippen molar-refractivity contribution in [3.63, 3.8) is 0 Å². The van der Waals surface area contributed by atoms with E-state index >= 15 is 0 Å². The van der Waals surface area contributed by atoms with Crippen molar-refractivity contribution in [2.75, 3.05) is 0 Å². The van der Waals surface area contributed by atoms with E-state index in [4.69, 9.17) is 0 Å². The molecule has 0 atom stereocenters. The highest BCUT2D eigenvalue weighted by molar-refractivity contribution is 7.93. The molecule has 0 heterocycles. The molecule has 2 rings (SSSR count). The third kappa shape index (κ3) is 3.74. The standard InChI is InChI=1S/C17H19N2O2S/c1-12-5-7-16(8-6-12)22(20,21)19-18-11-17-14(3)9-13(2)10-15(17)4/h5-11H,1-4H3/q-1/b18-11+. The smallest absolute Gasteiger partial charge is 0.135 e. The van der Waals surface area contributed by atoms with E-state index in [-0.39, 0.29) is 4.90 Å². The summed E-state index contributed by atoms with van der Waals surface area (Å²) in [6, 6.07) is 10.6. The van der Waals surface area contributed by atoms with Gasteiger partial charge in [0, 0.05) is 6.21 Å². The number of hydrogen-bond acceptors (Lipinski definition) is 3. The highest BCUT2D eigenvalue weighted by atomic mass is 32.2. The molecule has 4 nitrogen and oxygen atoms in total. The zero-order chi connectivity index (χ0) is 16.3. The van der Waals surface area contributed by atoms with Crippen molar-refractivity contribution in [3.8, 4) is 0 Å². The van der Waals surface area contributed by atoms with Crippen LogP contribution in [0.15, 0.2) is 46.4 Å². The van der Waals surface area contributed by atoms with Crippen LogP contribution in [0, 0.1) is 27.7 Å². The molecule has 0 aliphatic carbocycles. The Labute approximate surface area is 131 Å². The molecule has 0 radical (unpaired) electrons. The molecule has 0 fully saturated rings. The van der Waals surface area contributed by atoms with Crippen LogP contribution in [0.4, 0.5) is 0 Å². The SMILES string of the molecule is Cc1ccc(S(=O)(=O)[N-]/N=C/c2c(C)cc(C)cc2C)cc1. The predicted octanol–water partition coefficient (Wildman–Crippen LogP) is 4.02. The Morgan fingerprint density at radius 1 is 0.909 bits per heavy atom. The Morgan fingerprint density at radius 2 is 1.45 bits per heavy atom. The summed E-state index contributed by atoms with van der Waals surface area (Å²) in [5.74, 6) is 0. The number of benzene rings is 2. The van der Waals surface area contributed by atoms with E-state index in [9.17, 15) is 8.42 Å². The number of aryl methyl sites for hydroxylation is 4. The molecule has 0 saturated carbocycles. The zero-order valence-electron chi connectivity index (χ0n) is 13.2.